The topological polar surface area (TPSA) is 9.23 Å². The van der Waals surface area contributed by atoms with Crippen LogP contribution >= 0.6 is 23.2 Å². The molecule has 0 aliphatic carbocycles. The van der Waals surface area contributed by atoms with Crippen LogP contribution in [0.25, 0.3) is 11.1 Å². The fourth-order valence-corrected chi connectivity index (χ4v) is 7.78. The van der Waals surface area contributed by atoms with Gasteiger partial charge in [-0.25, -0.2) is 4.39 Å². The molecule has 0 radical (unpaired) electrons. The third-order valence-corrected chi connectivity index (χ3v) is 9.91. The zero-order valence-electron chi connectivity index (χ0n) is 16.8. The number of ether oxygens (including phenoxy) is 1. The Balaban J connectivity index is 2.06. The Kier molecular flexibility index (Phi) is 6.04. The zero-order chi connectivity index (χ0) is 21.1. The lowest BCUT2D eigenvalue weighted by atomic mass is 10.0. The average Bonchev–Trinajstić information content (AvgIpc) is 2.79. The smallest absolute Gasteiger partial charge is 0.136 e. The molecule has 150 valence electrons. The number of hydrogen-bond acceptors (Lipinski definition) is 1. The first-order valence-corrected chi connectivity index (χ1v) is 12.7. The summed E-state index contributed by atoms with van der Waals surface area (Å²) >= 11 is 3.38. The first-order chi connectivity index (χ1) is 14.6. The number of hydrogen-bond donors (Lipinski definition) is 0. The maximum Gasteiger partial charge on any atom is 0.136 e. The van der Waals surface area contributed by atoms with Crippen LogP contribution < -0.4 is 20.7 Å². The van der Waals surface area contributed by atoms with Crippen LogP contribution in [0.15, 0.2) is 102 Å². The van der Waals surface area contributed by atoms with Gasteiger partial charge in [-0.05, 0) is 42.5 Å². The molecular weight excluding hydrogens is 458 g/mol. The quantitative estimate of drug-likeness (QED) is 0.310. The van der Waals surface area contributed by atoms with E-state index in [9.17, 15) is 0 Å². The van der Waals surface area contributed by atoms with Crippen molar-refractivity contribution in [3.05, 3.63) is 107 Å². The second kappa shape index (κ2) is 8.71. The number of benzene rings is 4. The molecule has 0 unspecified atom stereocenters. The molecule has 0 aromatic heterocycles. The highest BCUT2D eigenvalue weighted by Crippen LogP contribution is 2.54. The van der Waals surface area contributed by atoms with Gasteiger partial charge in [-0.1, -0.05) is 70.5 Å². The molecule has 0 bridgehead atoms. The summed E-state index contributed by atoms with van der Waals surface area (Å²) in [5.74, 6) is 0.211. The molecule has 0 fully saturated rings. The Hall–Kier alpha value is -2.48. The summed E-state index contributed by atoms with van der Waals surface area (Å²) in [5, 5.41) is 3.63. The summed E-state index contributed by atoms with van der Waals surface area (Å²) in [5.41, 5.74) is 1.36. The van der Waals surface area contributed by atoms with Crippen LogP contribution in [0.3, 0.4) is 0 Å². The van der Waals surface area contributed by atoms with Gasteiger partial charge in [0.25, 0.3) is 0 Å². The Morgan fingerprint density at radius 3 is 1.87 bits per heavy atom. The maximum absolute atomic E-state index is 15.3. The molecule has 30 heavy (non-hydrogen) atoms. The summed E-state index contributed by atoms with van der Waals surface area (Å²) in [6.45, 7) is 2.31. The third kappa shape index (κ3) is 3.69. The predicted octanol–water partition coefficient (Wildman–Crippen LogP) is 6.19. The van der Waals surface area contributed by atoms with Crippen LogP contribution in [0.2, 0.25) is 0 Å². The lowest BCUT2D eigenvalue weighted by Gasteiger charge is -2.26. The van der Waals surface area contributed by atoms with Crippen LogP contribution in [-0.2, 0) is 0 Å². The van der Waals surface area contributed by atoms with Gasteiger partial charge in [0.2, 0.25) is 0 Å². The standard InChI is InChI=1S/C26H22BrFOP/c1-29-24-18-19(27)17-23(28)26(24)22-15-9-10-16-25(22)30(2,20-11-5-3-6-12-20)21-13-7-4-8-14-21/h3-18H,1-2H3/q+1. The minimum Gasteiger partial charge on any atom is -0.496 e. The second-order valence-electron chi connectivity index (χ2n) is 7.16. The van der Waals surface area contributed by atoms with Crippen molar-refractivity contribution in [1.29, 1.82) is 0 Å². The number of halogens is 2. The molecule has 0 saturated heterocycles. The van der Waals surface area contributed by atoms with Crippen molar-refractivity contribution < 1.29 is 9.13 Å². The monoisotopic (exact) mass is 479 g/mol. The van der Waals surface area contributed by atoms with E-state index in [1.165, 1.54) is 16.7 Å². The van der Waals surface area contributed by atoms with Gasteiger partial charge in [-0.2, -0.15) is 0 Å². The highest BCUT2D eigenvalue weighted by Gasteiger charge is 2.42. The van der Waals surface area contributed by atoms with Gasteiger partial charge in [0, 0.05) is 10.0 Å². The van der Waals surface area contributed by atoms with E-state index in [4.69, 9.17) is 4.74 Å². The molecular formula is C26H22BrFOP+. The Bertz CT molecular complexity index is 1120. The van der Waals surface area contributed by atoms with Crippen molar-refractivity contribution in [3.8, 4) is 16.9 Å². The van der Waals surface area contributed by atoms with Gasteiger partial charge in [0.1, 0.15) is 34.7 Å². The van der Waals surface area contributed by atoms with E-state index in [1.807, 2.05) is 36.4 Å². The summed E-state index contributed by atoms with van der Waals surface area (Å²) in [7, 11) is -0.446. The van der Waals surface area contributed by atoms with Gasteiger partial charge >= 0.3 is 0 Å². The molecule has 0 aliphatic rings. The first-order valence-electron chi connectivity index (χ1n) is 9.66. The van der Waals surface area contributed by atoms with E-state index in [2.05, 4.69) is 77.2 Å². The fraction of sp³-hybridized carbons (Fsp3) is 0.0769. The molecule has 0 N–H and O–H groups in total. The molecule has 4 aromatic rings. The Labute approximate surface area is 186 Å². The lowest BCUT2D eigenvalue weighted by molar-refractivity contribution is 0.413. The van der Waals surface area contributed by atoms with Gasteiger partial charge in [-0.3, -0.25) is 0 Å². The summed E-state index contributed by atoms with van der Waals surface area (Å²) in [6, 6.07) is 32.5. The average molecular weight is 480 g/mol. The highest BCUT2D eigenvalue weighted by molar-refractivity contribution is 9.10. The molecule has 0 amide bonds. The summed E-state index contributed by atoms with van der Waals surface area (Å²) < 4.78 is 21.5. The lowest BCUT2D eigenvalue weighted by Crippen LogP contribution is -2.31. The van der Waals surface area contributed by atoms with E-state index in [0.717, 1.165) is 10.9 Å². The Morgan fingerprint density at radius 2 is 1.30 bits per heavy atom. The molecule has 1 nitrogen and oxygen atoms in total. The highest BCUT2D eigenvalue weighted by atomic mass is 79.9. The van der Waals surface area contributed by atoms with Crippen molar-refractivity contribution in [1.82, 2.24) is 0 Å². The molecule has 0 spiro atoms. The van der Waals surface area contributed by atoms with E-state index in [0.29, 0.717) is 15.8 Å². The summed E-state index contributed by atoms with van der Waals surface area (Å²) in [6.07, 6.45) is 0. The van der Waals surface area contributed by atoms with Crippen LogP contribution in [0.5, 0.6) is 5.75 Å². The van der Waals surface area contributed by atoms with E-state index in [-0.39, 0.29) is 5.82 Å². The van der Waals surface area contributed by atoms with E-state index >= 15 is 4.39 Å². The molecule has 0 atom stereocenters. The molecule has 0 heterocycles. The summed E-state index contributed by atoms with van der Waals surface area (Å²) in [4.78, 5) is 0. The van der Waals surface area contributed by atoms with Crippen LogP contribution in [-0.4, -0.2) is 13.8 Å². The van der Waals surface area contributed by atoms with Crippen molar-refractivity contribution in [2.45, 2.75) is 0 Å². The molecule has 0 saturated carbocycles. The Morgan fingerprint density at radius 1 is 0.767 bits per heavy atom. The number of rotatable bonds is 5. The van der Waals surface area contributed by atoms with Crippen LogP contribution in [0, 0.1) is 5.82 Å². The maximum atomic E-state index is 15.3. The third-order valence-electron chi connectivity index (χ3n) is 5.44. The van der Waals surface area contributed by atoms with Gasteiger partial charge in [0.15, 0.2) is 0 Å². The van der Waals surface area contributed by atoms with Crippen molar-refractivity contribution in [2.24, 2.45) is 0 Å². The van der Waals surface area contributed by atoms with E-state index < -0.39 is 7.26 Å². The van der Waals surface area contributed by atoms with Gasteiger partial charge in [-0.15, -0.1) is 0 Å². The molecule has 4 aromatic carbocycles. The van der Waals surface area contributed by atoms with Crippen molar-refractivity contribution in [3.63, 3.8) is 0 Å². The SMILES string of the molecule is COc1cc(Br)cc(F)c1-c1ccccc1[P+](C)(c1ccccc1)c1ccccc1. The van der Waals surface area contributed by atoms with Crippen molar-refractivity contribution >= 4 is 39.1 Å². The normalized spacial score (nSPS) is 11.3. The predicted molar refractivity (Wildman–Crippen MR) is 131 cm³/mol. The minimum absolute atomic E-state index is 0.304. The van der Waals surface area contributed by atoms with E-state index in [1.54, 1.807) is 7.11 Å². The largest absolute Gasteiger partial charge is 0.496 e. The van der Waals surface area contributed by atoms with Crippen LogP contribution in [0.1, 0.15) is 0 Å². The van der Waals surface area contributed by atoms with Gasteiger partial charge in [0.05, 0.1) is 19.3 Å². The molecule has 0 aliphatic heterocycles. The number of methoxy groups -OCH3 is 1. The van der Waals surface area contributed by atoms with Crippen LogP contribution in [0.4, 0.5) is 4.39 Å². The molecule has 4 rings (SSSR count). The van der Waals surface area contributed by atoms with Crippen molar-refractivity contribution in [2.75, 3.05) is 13.8 Å². The zero-order valence-corrected chi connectivity index (χ0v) is 19.3. The second-order valence-corrected chi connectivity index (χ2v) is 11.6. The first kappa shape index (κ1) is 20.8. The minimum atomic E-state index is -2.03. The fourth-order valence-electron chi connectivity index (χ4n) is 3.93. The molecule has 4 heteroatoms. The van der Waals surface area contributed by atoms with Gasteiger partial charge < -0.3 is 4.74 Å².